The molecule has 0 aromatic carbocycles. The highest BCUT2D eigenvalue weighted by molar-refractivity contribution is 4.81. The molecule has 38 heavy (non-hydrogen) atoms. The van der Waals surface area contributed by atoms with E-state index in [1.54, 1.807) is 0 Å². The van der Waals surface area contributed by atoms with E-state index in [-0.39, 0.29) is 0 Å². The smallest absolute Gasteiger partial charge is 0.0351 e. The molecular weight excluding hydrogens is 456 g/mol. The molecule has 0 unspecified atom stereocenters. The molecule has 0 atom stereocenters. The van der Waals surface area contributed by atoms with Crippen molar-refractivity contribution in [2.45, 2.75) is 209 Å². The molecule has 0 aliphatic carbocycles. The highest BCUT2D eigenvalue weighted by Crippen LogP contribution is 2.07. The summed E-state index contributed by atoms with van der Waals surface area (Å²) < 4.78 is 0. The molecule has 0 radical (unpaired) electrons. The Morgan fingerprint density at radius 2 is 0.526 bits per heavy atom. The zero-order chi connectivity index (χ0) is 29.2. The van der Waals surface area contributed by atoms with Crippen molar-refractivity contribution >= 4 is 0 Å². The molecule has 230 valence electrons. The molecule has 0 aliphatic heterocycles. The van der Waals surface area contributed by atoms with Crippen molar-refractivity contribution in [2.24, 2.45) is 0 Å². The maximum absolute atomic E-state index is 3.66. The SMILES string of the molecule is C=CCCCCCC.CC.CCCCCC/C=C/CCCCCC.CCCCCC/C=C\CCCCCC. The molecule has 0 spiro atoms. The van der Waals surface area contributed by atoms with Crippen LogP contribution in [0.4, 0.5) is 0 Å². The third kappa shape index (κ3) is 60.0. The molecule has 0 rings (SSSR count). The van der Waals surface area contributed by atoms with Gasteiger partial charge in [-0.25, -0.2) is 0 Å². The van der Waals surface area contributed by atoms with Crippen LogP contribution in [0.15, 0.2) is 37.0 Å². The minimum atomic E-state index is 1.19. The first-order valence-electron chi connectivity index (χ1n) is 17.7. The van der Waals surface area contributed by atoms with Gasteiger partial charge in [0, 0.05) is 0 Å². The third-order valence-electron chi connectivity index (χ3n) is 6.49. The first-order chi connectivity index (χ1) is 18.7. The van der Waals surface area contributed by atoms with E-state index >= 15 is 0 Å². The largest absolute Gasteiger partial charge is 0.103 e. The molecule has 0 aliphatic rings. The number of rotatable bonds is 25. The van der Waals surface area contributed by atoms with Crippen LogP contribution < -0.4 is 0 Å². The second-order valence-corrected chi connectivity index (χ2v) is 10.5. The van der Waals surface area contributed by atoms with E-state index in [4.69, 9.17) is 0 Å². The van der Waals surface area contributed by atoms with Gasteiger partial charge in [0.05, 0.1) is 0 Å². The molecule has 0 saturated carbocycles. The molecule has 0 amide bonds. The quantitative estimate of drug-likeness (QED) is 0.0806. The van der Waals surface area contributed by atoms with Crippen molar-refractivity contribution in [1.29, 1.82) is 0 Å². The molecular formula is C38H78. The van der Waals surface area contributed by atoms with Crippen LogP contribution in [0, 0.1) is 0 Å². The van der Waals surface area contributed by atoms with Crippen molar-refractivity contribution in [1.82, 2.24) is 0 Å². The summed E-state index contributed by atoms with van der Waals surface area (Å²) >= 11 is 0. The molecule has 0 heteroatoms. The standard InChI is InChI=1S/2C14H28.C8H16.C2H6/c2*1-3-5-7-9-11-13-14-12-10-8-6-4-2;1-3-5-7-8-6-4-2;1-2/h2*13-14H,3-12H2,1-2H3;3H,1,4-8H2,2H3;1-2H3/b14-13+;14-13-;;. The zero-order valence-corrected chi connectivity index (χ0v) is 28.3. The van der Waals surface area contributed by atoms with Crippen molar-refractivity contribution in [3.05, 3.63) is 37.0 Å². The minimum absolute atomic E-state index is 1.19. The van der Waals surface area contributed by atoms with Crippen molar-refractivity contribution in [2.75, 3.05) is 0 Å². The molecule has 0 heterocycles. The lowest BCUT2D eigenvalue weighted by Gasteiger charge is -1.95. The van der Waals surface area contributed by atoms with Crippen molar-refractivity contribution < 1.29 is 0 Å². The molecule has 0 aromatic rings. The summed E-state index contributed by atoms with van der Waals surface area (Å²) in [6.07, 6.45) is 45.5. The number of hydrogen-bond acceptors (Lipinski definition) is 0. The summed E-state index contributed by atoms with van der Waals surface area (Å²) in [4.78, 5) is 0. The second-order valence-electron chi connectivity index (χ2n) is 10.5. The van der Waals surface area contributed by atoms with Gasteiger partial charge in [0.15, 0.2) is 0 Å². The fourth-order valence-corrected chi connectivity index (χ4v) is 3.94. The van der Waals surface area contributed by atoms with Crippen LogP contribution in [0.25, 0.3) is 0 Å². The van der Waals surface area contributed by atoms with Gasteiger partial charge in [-0.2, -0.15) is 0 Å². The van der Waals surface area contributed by atoms with Crippen LogP contribution in [-0.2, 0) is 0 Å². The van der Waals surface area contributed by atoms with E-state index in [0.29, 0.717) is 0 Å². The average Bonchev–Trinajstić information content (AvgIpc) is 2.95. The summed E-state index contributed by atoms with van der Waals surface area (Å²) in [6, 6.07) is 0. The van der Waals surface area contributed by atoms with Gasteiger partial charge in [0.1, 0.15) is 0 Å². The topological polar surface area (TPSA) is 0 Å². The molecule has 0 aromatic heterocycles. The lowest BCUT2D eigenvalue weighted by atomic mass is 10.1. The van der Waals surface area contributed by atoms with Crippen molar-refractivity contribution in [3.8, 4) is 0 Å². The lowest BCUT2D eigenvalue weighted by molar-refractivity contribution is 0.665. The summed E-state index contributed by atoms with van der Waals surface area (Å²) in [5.41, 5.74) is 0. The summed E-state index contributed by atoms with van der Waals surface area (Å²) in [6.45, 7) is 19.0. The average molecular weight is 535 g/mol. The van der Waals surface area contributed by atoms with Gasteiger partial charge in [-0.05, 0) is 64.2 Å². The number of hydrogen-bond donors (Lipinski definition) is 0. The highest BCUT2D eigenvalue weighted by Gasteiger charge is 1.87. The Kier molecular flexibility index (Phi) is 61.3. The summed E-state index contributed by atoms with van der Waals surface area (Å²) in [5, 5.41) is 0. The van der Waals surface area contributed by atoms with E-state index in [2.05, 4.69) is 65.5 Å². The first-order valence-corrected chi connectivity index (χ1v) is 17.7. The zero-order valence-electron chi connectivity index (χ0n) is 28.3. The molecule has 0 bridgehead atoms. The Bertz CT molecular complexity index is 331. The highest BCUT2D eigenvalue weighted by atomic mass is 13.9. The van der Waals surface area contributed by atoms with Gasteiger partial charge < -0.3 is 0 Å². The second kappa shape index (κ2) is 52.6. The fourth-order valence-electron chi connectivity index (χ4n) is 3.94. The number of unbranched alkanes of at least 4 members (excludes halogenated alkanes) is 20. The van der Waals surface area contributed by atoms with Crippen LogP contribution in [0.1, 0.15) is 209 Å². The van der Waals surface area contributed by atoms with Crippen molar-refractivity contribution in [3.63, 3.8) is 0 Å². The van der Waals surface area contributed by atoms with Crippen LogP contribution >= 0.6 is 0 Å². The predicted molar refractivity (Wildman–Crippen MR) is 184 cm³/mol. The first kappa shape index (κ1) is 44.2. The fraction of sp³-hybridized carbons (Fsp3) is 0.842. The van der Waals surface area contributed by atoms with Gasteiger partial charge >= 0.3 is 0 Å². The van der Waals surface area contributed by atoms with E-state index in [9.17, 15) is 0 Å². The monoisotopic (exact) mass is 535 g/mol. The van der Waals surface area contributed by atoms with Gasteiger partial charge in [0.25, 0.3) is 0 Å². The van der Waals surface area contributed by atoms with Crippen LogP contribution in [0.2, 0.25) is 0 Å². The maximum Gasteiger partial charge on any atom is -0.0351 e. The van der Waals surface area contributed by atoms with Gasteiger partial charge in [0.2, 0.25) is 0 Å². The summed E-state index contributed by atoms with van der Waals surface area (Å²) in [7, 11) is 0. The van der Waals surface area contributed by atoms with E-state index in [1.165, 1.54) is 161 Å². The van der Waals surface area contributed by atoms with Gasteiger partial charge in [-0.1, -0.05) is 175 Å². The van der Waals surface area contributed by atoms with Gasteiger partial charge in [-0.15, -0.1) is 6.58 Å². The molecule has 0 N–H and O–H groups in total. The maximum atomic E-state index is 3.66. The van der Waals surface area contributed by atoms with E-state index in [1.807, 2.05) is 19.9 Å². The van der Waals surface area contributed by atoms with Crippen LogP contribution in [0.5, 0.6) is 0 Å². The lowest BCUT2D eigenvalue weighted by Crippen LogP contribution is -1.75. The van der Waals surface area contributed by atoms with E-state index < -0.39 is 0 Å². The van der Waals surface area contributed by atoms with Gasteiger partial charge in [-0.3, -0.25) is 0 Å². The Balaban J connectivity index is -0.000000229. The normalized spacial score (nSPS) is 10.4. The van der Waals surface area contributed by atoms with E-state index in [0.717, 1.165) is 0 Å². The van der Waals surface area contributed by atoms with Crippen LogP contribution in [0.3, 0.4) is 0 Å². The molecule has 0 fully saturated rings. The third-order valence-corrected chi connectivity index (χ3v) is 6.49. The Hall–Kier alpha value is -0.780. The Labute approximate surface area is 245 Å². The minimum Gasteiger partial charge on any atom is -0.103 e. The predicted octanol–water partition coefficient (Wildman–Crippen LogP) is 15.1. The van der Waals surface area contributed by atoms with Crippen LogP contribution in [-0.4, -0.2) is 0 Å². The summed E-state index contributed by atoms with van der Waals surface area (Å²) in [5.74, 6) is 0. The Morgan fingerprint density at radius 3 is 0.711 bits per heavy atom. The number of allylic oxidation sites excluding steroid dienone is 5. The molecule has 0 saturated heterocycles. The Morgan fingerprint density at radius 1 is 0.316 bits per heavy atom. The molecule has 0 nitrogen and oxygen atoms in total.